The monoisotopic (exact) mass is 310 g/mol. The van der Waals surface area contributed by atoms with Crippen LogP contribution in [0, 0.1) is 0 Å². The van der Waals surface area contributed by atoms with E-state index in [0.29, 0.717) is 19.7 Å². The molecule has 0 fully saturated rings. The molecule has 1 amide bonds. The van der Waals surface area contributed by atoms with Gasteiger partial charge in [-0.05, 0) is 35.7 Å². The first kappa shape index (κ1) is 15.6. The number of hydrogen-bond acceptors (Lipinski definition) is 3. The van der Waals surface area contributed by atoms with Crippen LogP contribution < -0.4 is 5.32 Å². The second-order valence-electron chi connectivity index (χ2n) is 5.85. The minimum atomic E-state index is -0.237. The van der Waals surface area contributed by atoms with Crippen LogP contribution in [0.2, 0.25) is 0 Å². The molecule has 1 aliphatic heterocycles. The molecule has 0 bridgehead atoms. The van der Waals surface area contributed by atoms with Crippen LogP contribution >= 0.6 is 0 Å². The summed E-state index contributed by atoms with van der Waals surface area (Å²) in [5, 5.41) is 3.17. The van der Waals surface area contributed by atoms with Gasteiger partial charge in [-0.3, -0.25) is 0 Å². The van der Waals surface area contributed by atoms with Gasteiger partial charge in [0, 0.05) is 19.6 Å². The van der Waals surface area contributed by atoms with Gasteiger partial charge in [-0.1, -0.05) is 48.5 Å². The SMILES string of the molecule is CNCc1ccc2c(c1)CCN(C(=O)OCc1ccccc1)C2. The predicted octanol–water partition coefficient (Wildman–Crippen LogP) is 3.10. The summed E-state index contributed by atoms with van der Waals surface area (Å²) in [5.41, 5.74) is 4.85. The molecule has 120 valence electrons. The van der Waals surface area contributed by atoms with Gasteiger partial charge in [0.15, 0.2) is 0 Å². The van der Waals surface area contributed by atoms with E-state index in [9.17, 15) is 4.79 Å². The normalized spacial score (nSPS) is 13.5. The number of carbonyl (C=O) groups is 1. The average molecular weight is 310 g/mol. The molecule has 0 saturated heterocycles. The average Bonchev–Trinajstić information content (AvgIpc) is 2.60. The molecule has 0 spiro atoms. The van der Waals surface area contributed by atoms with E-state index in [4.69, 9.17) is 4.74 Å². The van der Waals surface area contributed by atoms with Gasteiger partial charge in [0.05, 0.1) is 0 Å². The Morgan fingerprint density at radius 2 is 1.96 bits per heavy atom. The van der Waals surface area contributed by atoms with Crippen LogP contribution in [0.5, 0.6) is 0 Å². The number of hydrogen-bond donors (Lipinski definition) is 1. The number of carbonyl (C=O) groups excluding carboxylic acids is 1. The second kappa shape index (κ2) is 7.29. The molecule has 1 heterocycles. The predicted molar refractivity (Wildman–Crippen MR) is 89.9 cm³/mol. The first-order valence-electron chi connectivity index (χ1n) is 7.97. The van der Waals surface area contributed by atoms with Crippen molar-refractivity contribution in [2.24, 2.45) is 0 Å². The van der Waals surface area contributed by atoms with Crippen molar-refractivity contribution < 1.29 is 9.53 Å². The first-order valence-corrected chi connectivity index (χ1v) is 7.97. The minimum absolute atomic E-state index is 0.237. The van der Waals surface area contributed by atoms with E-state index in [1.54, 1.807) is 4.90 Å². The van der Waals surface area contributed by atoms with E-state index < -0.39 is 0 Å². The van der Waals surface area contributed by atoms with Gasteiger partial charge in [-0.25, -0.2) is 4.79 Å². The number of benzene rings is 2. The molecule has 0 atom stereocenters. The highest BCUT2D eigenvalue weighted by Gasteiger charge is 2.21. The van der Waals surface area contributed by atoms with Crippen LogP contribution in [0.1, 0.15) is 22.3 Å². The summed E-state index contributed by atoms with van der Waals surface area (Å²) in [4.78, 5) is 14.0. The Morgan fingerprint density at radius 3 is 2.74 bits per heavy atom. The summed E-state index contributed by atoms with van der Waals surface area (Å²) in [6.07, 6.45) is 0.645. The van der Waals surface area contributed by atoms with E-state index in [1.165, 1.54) is 16.7 Å². The van der Waals surface area contributed by atoms with Crippen LogP contribution in [0.4, 0.5) is 4.79 Å². The van der Waals surface area contributed by atoms with Gasteiger partial charge in [0.25, 0.3) is 0 Å². The van der Waals surface area contributed by atoms with E-state index in [1.807, 2.05) is 37.4 Å². The Hall–Kier alpha value is -2.33. The van der Waals surface area contributed by atoms with Crippen molar-refractivity contribution in [3.05, 3.63) is 70.8 Å². The molecular formula is C19H22N2O2. The summed E-state index contributed by atoms with van der Waals surface area (Å²) < 4.78 is 5.42. The zero-order valence-electron chi connectivity index (χ0n) is 13.4. The molecule has 1 N–H and O–H groups in total. The molecule has 0 saturated carbocycles. The Morgan fingerprint density at radius 1 is 1.13 bits per heavy atom. The van der Waals surface area contributed by atoms with Crippen molar-refractivity contribution in [2.45, 2.75) is 26.1 Å². The highest BCUT2D eigenvalue weighted by atomic mass is 16.6. The molecule has 2 aromatic rings. The van der Waals surface area contributed by atoms with Gasteiger partial charge in [-0.2, -0.15) is 0 Å². The fraction of sp³-hybridized carbons (Fsp3) is 0.316. The van der Waals surface area contributed by atoms with Gasteiger partial charge in [-0.15, -0.1) is 0 Å². The molecular weight excluding hydrogens is 288 g/mol. The lowest BCUT2D eigenvalue weighted by atomic mass is 9.97. The molecule has 3 rings (SSSR count). The van der Waals surface area contributed by atoms with E-state index in [0.717, 1.165) is 18.5 Å². The third-order valence-corrected chi connectivity index (χ3v) is 4.13. The third-order valence-electron chi connectivity index (χ3n) is 4.13. The van der Waals surface area contributed by atoms with Crippen molar-refractivity contribution in [1.29, 1.82) is 0 Å². The van der Waals surface area contributed by atoms with Gasteiger partial charge in [0.1, 0.15) is 6.61 Å². The molecule has 0 radical (unpaired) electrons. The fourth-order valence-electron chi connectivity index (χ4n) is 2.89. The van der Waals surface area contributed by atoms with Gasteiger partial charge >= 0.3 is 6.09 Å². The van der Waals surface area contributed by atoms with E-state index in [2.05, 4.69) is 23.5 Å². The summed E-state index contributed by atoms with van der Waals surface area (Å²) in [7, 11) is 1.95. The van der Waals surface area contributed by atoms with Crippen LogP contribution in [0.3, 0.4) is 0 Å². The van der Waals surface area contributed by atoms with Gasteiger partial charge < -0.3 is 15.0 Å². The summed E-state index contributed by atoms with van der Waals surface area (Å²) in [6.45, 7) is 2.53. The zero-order chi connectivity index (χ0) is 16.1. The van der Waals surface area contributed by atoms with Crippen LogP contribution in [0.15, 0.2) is 48.5 Å². The van der Waals surface area contributed by atoms with Crippen molar-refractivity contribution in [3.8, 4) is 0 Å². The highest BCUT2D eigenvalue weighted by molar-refractivity contribution is 5.68. The van der Waals surface area contributed by atoms with Crippen LogP contribution in [0.25, 0.3) is 0 Å². The zero-order valence-corrected chi connectivity index (χ0v) is 13.4. The Kier molecular flexibility index (Phi) is 4.93. The Balaban J connectivity index is 1.59. The first-order chi connectivity index (χ1) is 11.3. The molecule has 4 nitrogen and oxygen atoms in total. The quantitative estimate of drug-likeness (QED) is 0.943. The Labute approximate surface area is 137 Å². The summed E-state index contributed by atoms with van der Waals surface area (Å²) in [6, 6.07) is 16.2. The van der Waals surface area contributed by atoms with Crippen LogP contribution in [-0.4, -0.2) is 24.6 Å². The molecule has 0 unspecified atom stereocenters. The fourth-order valence-corrected chi connectivity index (χ4v) is 2.89. The van der Waals surface area contributed by atoms with E-state index >= 15 is 0 Å². The number of fused-ring (bicyclic) bond motifs is 1. The molecule has 2 aromatic carbocycles. The standard InChI is InChI=1S/C19H22N2O2/c1-20-12-16-7-8-18-13-21(10-9-17(18)11-16)19(22)23-14-15-5-3-2-4-6-15/h2-8,11,20H,9-10,12-14H2,1H3. The van der Waals surface area contributed by atoms with Crippen molar-refractivity contribution >= 4 is 6.09 Å². The van der Waals surface area contributed by atoms with Crippen LogP contribution in [-0.2, 0) is 30.9 Å². The van der Waals surface area contributed by atoms with Gasteiger partial charge in [0.2, 0.25) is 0 Å². The number of ether oxygens (including phenoxy) is 1. The molecule has 0 aromatic heterocycles. The maximum Gasteiger partial charge on any atom is 0.410 e. The largest absolute Gasteiger partial charge is 0.445 e. The highest BCUT2D eigenvalue weighted by Crippen LogP contribution is 2.21. The van der Waals surface area contributed by atoms with E-state index in [-0.39, 0.29) is 6.09 Å². The van der Waals surface area contributed by atoms with Crippen molar-refractivity contribution in [2.75, 3.05) is 13.6 Å². The lowest BCUT2D eigenvalue weighted by Gasteiger charge is -2.28. The summed E-state index contributed by atoms with van der Waals surface area (Å²) in [5.74, 6) is 0. The topological polar surface area (TPSA) is 41.6 Å². The smallest absolute Gasteiger partial charge is 0.410 e. The van der Waals surface area contributed by atoms with Crippen molar-refractivity contribution in [1.82, 2.24) is 10.2 Å². The minimum Gasteiger partial charge on any atom is -0.445 e. The molecule has 0 aliphatic carbocycles. The number of nitrogens with one attached hydrogen (secondary N) is 1. The van der Waals surface area contributed by atoms with Crippen molar-refractivity contribution in [3.63, 3.8) is 0 Å². The molecule has 4 heteroatoms. The lowest BCUT2D eigenvalue weighted by Crippen LogP contribution is -2.36. The Bertz CT molecular complexity index is 670. The second-order valence-corrected chi connectivity index (χ2v) is 5.85. The lowest BCUT2D eigenvalue weighted by molar-refractivity contribution is 0.0918. The summed E-state index contributed by atoms with van der Waals surface area (Å²) >= 11 is 0. The number of amides is 1. The third kappa shape index (κ3) is 3.90. The maximum atomic E-state index is 12.2. The number of rotatable bonds is 4. The molecule has 1 aliphatic rings. The molecule has 23 heavy (non-hydrogen) atoms. The number of nitrogens with zero attached hydrogens (tertiary/aromatic N) is 1. The maximum absolute atomic E-state index is 12.2.